The molecule has 2 nitrogen and oxygen atoms in total. The molecule has 1 aliphatic carbocycles. The van der Waals surface area contributed by atoms with E-state index in [0.29, 0.717) is 23.7 Å². The molecule has 2 aliphatic rings. The zero-order valence-corrected chi connectivity index (χ0v) is 25.2. The Hall–Kier alpha value is -0.370. The molecule has 4 unspecified atom stereocenters. The number of carbonyl (C=O) groups is 1. The van der Waals surface area contributed by atoms with Crippen LogP contribution in [0.25, 0.3) is 0 Å². The van der Waals surface area contributed by atoms with E-state index in [-0.39, 0.29) is 6.04 Å². The summed E-state index contributed by atoms with van der Waals surface area (Å²) < 4.78 is 0. The molecule has 0 spiro atoms. The van der Waals surface area contributed by atoms with Crippen molar-refractivity contribution in [2.75, 3.05) is 6.54 Å². The highest BCUT2D eigenvalue weighted by atomic mass is 16.1. The fourth-order valence-corrected chi connectivity index (χ4v) is 7.00. The minimum atomic E-state index is 0.272. The van der Waals surface area contributed by atoms with Gasteiger partial charge in [0.15, 0.2) is 5.78 Å². The van der Waals surface area contributed by atoms with Gasteiger partial charge in [0.2, 0.25) is 0 Å². The maximum absolute atomic E-state index is 14.2. The Morgan fingerprint density at radius 1 is 0.611 bits per heavy atom. The molecule has 0 aromatic heterocycles. The summed E-state index contributed by atoms with van der Waals surface area (Å²) in [5, 5.41) is 0. The summed E-state index contributed by atoms with van der Waals surface area (Å²) in [5.41, 5.74) is 0. The van der Waals surface area contributed by atoms with E-state index in [2.05, 4.69) is 32.6 Å². The maximum Gasteiger partial charge on any atom is 0.153 e. The molecule has 0 aromatic rings. The Balaban J connectivity index is 2.01. The van der Waals surface area contributed by atoms with E-state index < -0.39 is 0 Å². The van der Waals surface area contributed by atoms with E-state index in [1.807, 2.05) is 0 Å². The van der Waals surface area contributed by atoms with Crippen molar-refractivity contribution in [3.63, 3.8) is 0 Å². The predicted molar refractivity (Wildman–Crippen MR) is 159 cm³/mol. The van der Waals surface area contributed by atoms with Crippen molar-refractivity contribution >= 4 is 5.78 Å². The lowest BCUT2D eigenvalue weighted by molar-refractivity contribution is -0.129. The second-order valence-electron chi connectivity index (χ2n) is 12.7. The summed E-state index contributed by atoms with van der Waals surface area (Å²) in [4.78, 5) is 17.0. The van der Waals surface area contributed by atoms with Gasteiger partial charge in [-0.15, -0.1) is 0 Å². The number of nitrogens with zero attached hydrogens (tertiary/aromatic N) is 1. The molecule has 4 atom stereocenters. The number of fused-ring (bicyclic) bond motifs is 1. The largest absolute Gasteiger partial charge is 0.298 e. The molecule has 0 radical (unpaired) electrons. The van der Waals surface area contributed by atoms with E-state index in [9.17, 15) is 4.79 Å². The maximum atomic E-state index is 14.2. The van der Waals surface area contributed by atoms with Gasteiger partial charge in [0, 0.05) is 18.5 Å². The Morgan fingerprint density at radius 3 is 1.53 bits per heavy atom. The first-order valence-electron chi connectivity index (χ1n) is 17.0. The van der Waals surface area contributed by atoms with Gasteiger partial charge in [-0.05, 0) is 43.9 Å². The van der Waals surface area contributed by atoms with Gasteiger partial charge in [-0.1, -0.05) is 143 Å². The molecular formula is C34H65NO. The summed E-state index contributed by atoms with van der Waals surface area (Å²) in [7, 11) is 0. The average Bonchev–Trinajstić information content (AvgIpc) is 3.55. The van der Waals surface area contributed by atoms with Crippen LogP contribution in [-0.4, -0.2) is 29.3 Å². The number of carbonyl (C=O) groups excluding carboxylic acids is 1. The third kappa shape index (κ3) is 11.6. The number of hydrogen-bond acceptors (Lipinski definition) is 2. The zero-order valence-electron chi connectivity index (χ0n) is 25.2. The van der Waals surface area contributed by atoms with E-state index in [4.69, 9.17) is 0 Å². The van der Waals surface area contributed by atoms with Crippen molar-refractivity contribution in [2.24, 2.45) is 17.8 Å². The van der Waals surface area contributed by atoms with Crippen LogP contribution >= 0.6 is 0 Å². The number of likely N-dealkylation sites (tertiary alicyclic amines) is 1. The van der Waals surface area contributed by atoms with Crippen LogP contribution in [0.2, 0.25) is 0 Å². The Labute approximate surface area is 227 Å². The second kappa shape index (κ2) is 19.7. The number of rotatable bonds is 25. The molecule has 0 bridgehead atoms. The molecule has 2 rings (SSSR count). The number of piperidine rings is 1. The molecule has 0 aromatic carbocycles. The summed E-state index contributed by atoms with van der Waals surface area (Å²) in [6.45, 7) is 10.4. The van der Waals surface area contributed by atoms with Crippen molar-refractivity contribution in [3.05, 3.63) is 0 Å². The van der Waals surface area contributed by atoms with Crippen LogP contribution in [0.15, 0.2) is 0 Å². The highest BCUT2D eigenvalue weighted by Gasteiger charge is 2.56. The molecule has 212 valence electrons. The second-order valence-corrected chi connectivity index (χ2v) is 12.7. The third-order valence-electron chi connectivity index (χ3n) is 9.44. The van der Waals surface area contributed by atoms with Gasteiger partial charge in [-0.3, -0.25) is 9.69 Å². The van der Waals surface area contributed by atoms with E-state index in [1.165, 1.54) is 141 Å². The van der Waals surface area contributed by atoms with Gasteiger partial charge >= 0.3 is 0 Å². The Kier molecular flexibility index (Phi) is 17.4. The van der Waals surface area contributed by atoms with Crippen LogP contribution in [0.1, 0.15) is 175 Å². The van der Waals surface area contributed by atoms with Gasteiger partial charge in [-0.25, -0.2) is 0 Å². The van der Waals surface area contributed by atoms with Gasteiger partial charge in [0.05, 0.1) is 6.04 Å². The van der Waals surface area contributed by atoms with Gasteiger partial charge in [-0.2, -0.15) is 0 Å². The lowest BCUT2D eigenvalue weighted by Gasteiger charge is -2.36. The molecule has 1 heterocycles. The van der Waals surface area contributed by atoms with Gasteiger partial charge < -0.3 is 0 Å². The predicted octanol–water partition coefficient (Wildman–Crippen LogP) is 10.5. The molecule has 36 heavy (non-hydrogen) atoms. The van der Waals surface area contributed by atoms with Gasteiger partial charge in [0.25, 0.3) is 0 Å². The molecular weight excluding hydrogens is 438 g/mol. The Bertz CT molecular complexity index is 531. The van der Waals surface area contributed by atoms with Crippen LogP contribution < -0.4 is 0 Å². The lowest BCUT2D eigenvalue weighted by Crippen LogP contribution is -2.48. The minimum absolute atomic E-state index is 0.272. The molecule has 2 fully saturated rings. The smallest absolute Gasteiger partial charge is 0.153 e. The monoisotopic (exact) mass is 504 g/mol. The third-order valence-corrected chi connectivity index (χ3v) is 9.44. The normalized spacial score (nSPS) is 22.3. The van der Waals surface area contributed by atoms with Crippen LogP contribution in [0, 0.1) is 17.8 Å². The zero-order chi connectivity index (χ0) is 26.0. The van der Waals surface area contributed by atoms with Crippen LogP contribution in [0.5, 0.6) is 0 Å². The molecule has 1 saturated carbocycles. The molecule has 0 amide bonds. The van der Waals surface area contributed by atoms with E-state index in [1.54, 1.807) is 0 Å². The lowest BCUT2D eigenvalue weighted by atomic mass is 9.85. The molecule has 2 heteroatoms. The highest BCUT2D eigenvalue weighted by Crippen LogP contribution is 2.52. The van der Waals surface area contributed by atoms with Crippen molar-refractivity contribution < 1.29 is 4.79 Å². The Morgan fingerprint density at radius 2 is 1.03 bits per heavy atom. The topological polar surface area (TPSA) is 20.3 Å². The van der Waals surface area contributed by atoms with Crippen LogP contribution in [0.4, 0.5) is 0 Å². The number of unbranched alkanes of at least 4 members (excludes halogenated alkanes) is 14. The minimum Gasteiger partial charge on any atom is -0.298 e. The average molecular weight is 504 g/mol. The highest BCUT2D eigenvalue weighted by molar-refractivity contribution is 5.87. The van der Waals surface area contributed by atoms with Crippen molar-refractivity contribution in [2.45, 2.75) is 187 Å². The standard InChI is InChI=1S/C34H65NO/c1-5-9-13-16-20-24-29(23-19-12-8-4)34(36)33-32-27-30(32)28-35(33)31(25-21-17-14-10-6-2)26-22-18-15-11-7-3/h29-33H,5-28H2,1-4H3. The molecule has 0 N–H and O–H groups in total. The molecule has 1 aliphatic heterocycles. The first-order valence-corrected chi connectivity index (χ1v) is 17.0. The number of ketones is 1. The SMILES string of the molecule is CCCCCCCC(CCCCC)C(=O)C1C2CC2CN1C(CCCCCCC)CCCCCCC. The summed E-state index contributed by atoms with van der Waals surface area (Å²) in [5.74, 6) is 2.55. The van der Waals surface area contributed by atoms with Crippen molar-refractivity contribution in [1.29, 1.82) is 0 Å². The fourth-order valence-electron chi connectivity index (χ4n) is 7.00. The fraction of sp³-hybridized carbons (Fsp3) is 0.971. The van der Waals surface area contributed by atoms with Crippen molar-refractivity contribution in [1.82, 2.24) is 4.90 Å². The number of Topliss-reactive ketones (excluding diaryl/α,β-unsaturated/α-hetero) is 1. The van der Waals surface area contributed by atoms with Crippen LogP contribution in [-0.2, 0) is 4.79 Å². The first-order chi connectivity index (χ1) is 17.7. The summed E-state index contributed by atoms with van der Waals surface area (Å²) in [6, 6.07) is 0.935. The molecule has 1 saturated heterocycles. The van der Waals surface area contributed by atoms with Crippen molar-refractivity contribution in [3.8, 4) is 0 Å². The van der Waals surface area contributed by atoms with Crippen LogP contribution in [0.3, 0.4) is 0 Å². The summed E-state index contributed by atoms with van der Waals surface area (Å²) >= 11 is 0. The quantitative estimate of drug-likeness (QED) is 0.115. The summed E-state index contributed by atoms with van der Waals surface area (Å²) in [6.07, 6.45) is 30.4. The van der Waals surface area contributed by atoms with Gasteiger partial charge in [0.1, 0.15) is 0 Å². The van der Waals surface area contributed by atoms with E-state index in [0.717, 1.165) is 18.8 Å². The van der Waals surface area contributed by atoms with E-state index >= 15 is 0 Å². The first kappa shape index (κ1) is 31.8. The number of hydrogen-bond donors (Lipinski definition) is 0.